The Morgan fingerprint density at radius 3 is 2.35 bits per heavy atom. The molecule has 0 aliphatic carbocycles. The van der Waals surface area contributed by atoms with Crippen LogP contribution in [0.4, 0.5) is 4.39 Å². The van der Waals surface area contributed by atoms with Crippen molar-refractivity contribution in [2.24, 2.45) is 0 Å². The van der Waals surface area contributed by atoms with E-state index in [1.807, 2.05) is 6.07 Å². The molecule has 0 saturated heterocycles. The third-order valence-electron chi connectivity index (χ3n) is 3.27. The average molecular weight is 335 g/mol. The maximum absolute atomic E-state index is 13.1. The maximum Gasteiger partial charge on any atom is 0.253 e. The van der Waals surface area contributed by atoms with Crippen LogP contribution in [0.15, 0.2) is 48.5 Å². The van der Waals surface area contributed by atoms with Gasteiger partial charge >= 0.3 is 0 Å². The van der Waals surface area contributed by atoms with E-state index in [-0.39, 0.29) is 16.5 Å². The van der Waals surface area contributed by atoms with Crippen molar-refractivity contribution >= 4 is 23.4 Å². The summed E-state index contributed by atoms with van der Waals surface area (Å²) in [5.41, 5.74) is 0.762. The van der Waals surface area contributed by atoms with Crippen LogP contribution >= 0.6 is 11.6 Å². The molecule has 0 saturated carbocycles. The van der Waals surface area contributed by atoms with Gasteiger partial charge in [-0.25, -0.2) is 4.39 Å². The Kier molecular flexibility index (Phi) is 5.34. The van der Waals surface area contributed by atoms with Gasteiger partial charge in [0.05, 0.1) is 10.6 Å². The molecule has 0 unspecified atom stereocenters. The summed E-state index contributed by atoms with van der Waals surface area (Å²) >= 11 is 5.90. The molecule has 2 amide bonds. The molecule has 23 heavy (non-hydrogen) atoms. The van der Waals surface area contributed by atoms with Gasteiger partial charge in [-0.2, -0.15) is 0 Å². The number of rotatable bonds is 4. The third-order valence-corrected chi connectivity index (χ3v) is 3.58. The molecule has 1 atom stereocenters. The Labute approximate surface area is 138 Å². The van der Waals surface area contributed by atoms with Crippen LogP contribution in [0.5, 0.6) is 0 Å². The Morgan fingerprint density at radius 1 is 1.13 bits per heavy atom. The first kappa shape index (κ1) is 17.0. The first-order chi connectivity index (χ1) is 10.9. The van der Waals surface area contributed by atoms with E-state index >= 15 is 0 Å². The van der Waals surface area contributed by atoms with Gasteiger partial charge in [0, 0.05) is 14.1 Å². The molecule has 1 N–H and O–H groups in total. The number of carbonyl (C=O) groups is 2. The SMILES string of the molecule is CN(C)C(=O)[C@H](NC(=O)c1ccc(F)cc1Cl)c1ccccc1. The van der Waals surface area contributed by atoms with Crippen LogP contribution in [0.3, 0.4) is 0 Å². The molecule has 6 heteroatoms. The highest BCUT2D eigenvalue weighted by Gasteiger charge is 2.25. The number of hydrogen-bond donors (Lipinski definition) is 1. The van der Waals surface area contributed by atoms with E-state index < -0.39 is 17.8 Å². The van der Waals surface area contributed by atoms with Gasteiger partial charge in [0.25, 0.3) is 5.91 Å². The van der Waals surface area contributed by atoms with Crippen LogP contribution in [0.25, 0.3) is 0 Å². The van der Waals surface area contributed by atoms with Crippen molar-refractivity contribution in [3.8, 4) is 0 Å². The molecule has 2 aromatic rings. The van der Waals surface area contributed by atoms with Crippen molar-refractivity contribution < 1.29 is 14.0 Å². The fraction of sp³-hybridized carbons (Fsp3) is 0.176. The standard InChI is InChI=1S/C17H16ClFN2O2/c1-21(2)17(23)15(11-6-4-3-5-7-11)20-16(22)13-9-8-12(19)10-14(13)18/h3-10,15H,1-2H3,(H,20,22)/t15-/m1/s1. The molecule has 0 aromatic heterocycles. The number of likely N-dealkylation sites (N-methyl/N-ethyl adjacent to an activating group) is 1. The lowest BCUT2D eigenvalue weighted by Crippen LogP contribution is -2.39. The normalized spacial score (nSPS) is 11.7. The number of nitrogens with zero attached hydrogens (tertiary/aromatic N) is 1. The summed E-state index contributed by atoms with van der Waals surface area (Å²) < 4.78 is 13.1. The van der Waals surface area contributed by atoms with E-state index in [1.54, 1.807) is 38.4 Å². The summed E-state index contributed by atoms with van der Waals surface area (Å²) in [4.78, 5) is 26.2. The number of carbonyl (C=O) groups excluding carboxylic acids is 2. The minimum Gasteiger partial charge on any atom is -0.347 e. The quantitative estimate of drug-likeness (QED) is 0.934. The van der Waals surface area contributed by atoms with Crippen molar-refractivity contribution in [1.82, 2.24) is 10.2 Å². The summed E-state index contributed by atoms with van der Waals surface area (Å²) in [7, 11) is 3.21. The number of halogens is 2. The van der Waals surface area contributed by atoms with Crippen molar-refractivity contribution in [2.75, 3.05) is 14.1 Å². The monoisotopic (exact) mass is 334 g/mol. The van der Waals surface area contributed by atoms with E-state index in [1.165, 1.54) is 11.0 Å². The molecule has 2 rings (SSSR count). The van der Waals surface area contributed by atoms with E-state index in [0.29, 0.717) is 5.56 Å². The number of nitrogens with one attached hydrogen (secondary N) is 1. The number of benzene rings is 2. The fourth-order valence-corrected chi connectivity index (χ4v) is 2.33. The highest BCUT2D eigenvalue weighted by atomic mass is 35.5. The van der Waals surface area contributed by atoms with Gasteiger partial charge in [-0.1, -0.05) is 41.9 Å². The topological polar surface area (TPSA) is 49.4 Å². The molecule has 0 fully saturated rings. The molecular formula is C17H16ClFN2O2. The van der Waals surface area contributed by atoms with Crippen LogP contribution in [-0.4, -0.2) is 30.8 Å². The minimum atomic E-state index is -0.847. The van der Waals surface area contributed by atoms with Crippen molar-refractivity contribution in [3.05, 3.63) is 70.5 Å². The molecule has 0 aliphatic heterocycles. The molecular weight excluding hydrogens is 319 g/mol. The summed E-state index contributed by atoms with van der Waals surface area (Å²) in [5.74, 6) is -1.35. The Morgan fingerprint density at radius 2 is 1.78 bits per heavy atom. The van der Waals surface area contributed by atoms with Gasteiger partial charge in [0.2, 0.25) is 5.91 Å². The van der Waals surface area contributed by atoms with Crippen molar-refractivity contribution in [2.45, 2.75) is 6.04 Å². The molecule has 0 radical (unpaired) electrons. The van der Waals surface area contributed by atoms with Gasteiger partial charge in [0.15, 0.2) is 0 Å². The molecule has 0 bridgehead atoms. The number of amides is 2. The molecule has 0 heterocycles. The van der Waals surface area contributed by atoms with Gasteiger partial charge in [-0.3, -0.25) is 9.59 Å². The van der Waals surface area contributed by atoms with Gasteiger partial charge in [-0.05, 0) is 23.8 Å². The smallest absolute Gasteiger partial charge is 0.253 e. The highest BCUT2D eigenvalue weighted by Crippen LogP contribution is 2.20. The predicted molar refractivity (Wildman–Crippen MR) is 86.8 cm³/mol. The molecule has 120 valence electrons. The maximum atomic E-state index is 13.1. The van der Waals surface area contributed by atoms with Crippen molar-refractivity contribution in [1.29, 1.82) is 0 Å². The molecule has 0 aliphatic rings. The Bertz CT molecular complexity index is 720. The Hall–Kier alpha value is -2.40. The zero-order valence-corrected chi connectivity index (χ0v) is 13.5. The van der Waals surface area contributed by atoms with E-state index in [9.17, 15) is 14.0 Å². The second kappa shape index (κ2) is 7.24. The van der Waals surface area contributed by atoms with E-state index in [4.69, 9.17) is 11.6 Å². The largest absolute Gasteiger partial charge is 0.347 e. The molecule has 4 nitrogen and oxygen atoms in total. The van der Waals surface area contributed by atoms with Crippen LogP contribution in [0.2, 0.25) is 5.02 Å². The van der Waals surface area contributed by atoms with Gasteiger partial charge < -0.3 is 10.2 Å². The molecule has 0 spiro atoms. The van der Waals surface area contributed by atoms with Gasteiger partial charge in [-0.15, -0.1) is 0 Å². The summed E-state index contributed by atoms with van der Waals surface area (Å²) in [5, 5.41) is 2.65. The predicted octanol–water partition coefficient (Wildman–Crippen LogP) is 3.04. The first-order valence-corrected chi connectivity index (χ1v) is 7.30. The van der Waals surface area contributed by atoms with Crippen LogP contribution < -0.4 is 5.32 Å². The zero-order valence-electron chi connectivity index (χ0n) is 12.7. The average Bonchev–Trinajstić information content (AvgIpc) is 2.52. The minimum absolute atomic E-state index is 0.00777. The lowest BCUT2D eigenvalue weighted by molar-refractivity contribution is -0.130. The Balaban J connectivity index is 2.30. The lowest BCUT2D eigenvalue weighted by atomic mass is 10.0. The van der Waals surface area contributed by atoms with Gasteiger partial charge in [0.1, 0.15) is 11.9 Å². The summed E-state index contributed by atoms with van der Waals surface area (Å²) in [6.07, 6.45) is 0. The highest BCUT2D eigenvalue weighted by molar-refractivity contribution is 6.33. The first-order valence-electron chi connectivity index (χ1n) is 6.92. The second-order valence-corrected chi connectivity index (χ2v) is 5.58. The fourth-order valence-electron chi connectivity index (χ4n) is 2.07. The van der Waals surface area contributed by atoms with E-state index in [2.05, 4.69) is 5.32 Å². The molecule has 2 aromatic carbocycles. The second-order valence-electron chi connectivity index (χ2n) is 5.17. The third kappa shape index (κ3) is 4.07. The zero-order chi connectivity index (χ0) is 17.0. The van der Waals surface area contributed by atoms with E-state index in [0.717, 1.165) is 12.1 Å². The lowest BCUT2D eigenvalue weighted by Gasteiger charge is -2.22. The van der Waals surface area contributed by atoms with Crippen LogP contribution in [0, 0.1) is 5.82 Å². The number of hydrogen-bond acceptors (Lipinski definition) is 2. The van der Waals surface area contributed by atoms with Crippen LogP contribution in [-0.2, 0) is 4.79 Å². The van der Waals surface area contributed by atoms with Crippen LogP contribution in [0.1, 0.15) is 22.0 Å². The summed E-state index contributed by atoms with van der Waals surface area (Å²) in [6, 6.07) is 11.5. The summed E-state index contributed by atoms with van der Waals surface area (Å²) in [6.45, 7) is 0. The van der Waals surface area contributed by atoms with Crippen molar-refractivity contribution in [3.63, 3.8) is 0 Å².